The van der Waals surface area contributed by atoms with Crippen molar-refractivity contribution in [3.05, 3.63) is 6.20 Å². The van der Waals surface area contributed by atoms with Crippen LogP contribution in [0.15, 0.2) is 6.20 Å². The lowest BCUT2D eigenvalue weighted by atomic mass is 10.0. The molecule has 18 heavy (non-hydrogen) atoms. The predicted octanol–water partition coefficient (Wildman–Crippen LogP) is -0.143. The summed E-state index contributed by atoms with van der Waals surface area (Å²) in [5.74, 6) is 0.129. The third-order valence-electron chi connectivity index (χ3n) is 2.59. The summed E-state index contributed by atoms with van der Waals surface area (Å²) in [5.41, 5.74) is 11.4. The van der Waals surface area contributed by atoms with Crippen LogP contribution in [0.3, 0.4) is 0 Å². The van der Waals surface area contributed by atoms with Crippen molar-refractivity contribution in [2.75, 3.05) is 11.1 Å². The fourth-order valence-electron chi connectivity index (χ4n) is 1.68. The molecule has 0 aliphatic carbocycles. The van der Waals surface area contributed by atoms with E-state index in [4.69, 9.17) is 11.5 Å². The Morgan fingerprint density at radius 3 is 2.78 bits per heavy atom. The van der Waals surface area contributed by atoms with Gasteiger partial charge in [0.2, 0.25) is 11.9 Å². The maximum atomic E-state index is 11.4. The molecule has 1 unspecified atom stereocenters. The average molecular weight is 249 g/mol. The second-order valence-electron chi connectivity index (χ2n) is 4.33. The number of primary amides is 1. The number of nitrogens with one attached hydrogen (secondary N) is 2. The van der Waals surface area contributed by atoms with Gasteiger partial charge in [0.15, 0.2) is 5.65 Å². The molecule has 0 aliphatic heterocycles. The molecule has 1 atom stereocenters. The van der Waals surface area contributed by atoms with Crippen LogP contribution in [-0.2, 0) is 4.79 Å². The minimum absolute atomic E-state index is 0.0284. The molecule has 0 radical (unpaired) electrons. The molecule has 1 amide bonds. The molecule has 8 heteroatoms. The Morgan fingerprint density at radius 2 is 2.17 bits per heavy atom. The van der Waals surface area contributed by atoms with E-state index in [1.165, 1.54) is 0 Å². The van der Waals surface area contributed by atoms with E-state index in [9.17, 15) is 4.79 Å². The highest BCUT2D eigenvalue weighted by atomic mass is 16.1. The first kappa shape index (κ1) is 12.1. The predicted molar refractivity (Wildman–Crippen MR) is 67.5 cm³/mol. The molecule has 0 bridgehead atoms. The molecule has 0 aliphatic rings. The van der Waals surface area contributed by atoms with E-state index >= 15 is 0 Å². The highest BCUT2D eigenvalue weighted by Crippen LogP contribution is 2.20. The molecule has 6 N–H and O–H groups in total. The van der Waals surface area contributed by atoms with E-state index < -0.39 is 11.9 Å². The Labute approximate surface area is 103 Å². The first-order chi connectivity index (χ1) is 8.49. The Morgan fingerprint density at radius 1 is 1.44 bits per heavy atom. The van der Waals surface area contributed by atoms with Gasteiger partial charge in [-0.1, -0.05) is 13.8 Å². The van der Waals surface area contributed by atoms with Gasteiger partial charge in [0.05, 0.1) is 11.6 Å². The Bertz CT molecular complexity index is 577. The summed E-state index contributed by atoms with van der Waals surface area (Å²) < 4.78 is 0. The van der Waals surface area contributed by atoms with Crippen molar-refractivity contribution in [1.82, 2.24) is 20.2 Å². The molecule has 0 saturated carbocycles. The molecule has 0 fully saturated rings. The van der Waals surface area contributed by atoms with Crippen molar-refractivity contribution < 1.29 is 4.79 Å². The summed E-state index contributed by atoms with van der Waals surface area (Å²) in [5, 5.41) is 10.2. The van der Waals surface area contributed by atoms with Crippen LogP contribution in [0.2, 0.25) is 0 Å². The fourth-order valence-corrected chi connectivity index (χ4v) is 1.68. The Kier molecular flexibility index (Phi) is 3.00. The normalized spacial score (nSPS) is 12.8. The van der Waals surface area contributed by atoms with Gasteiger partial charge in [0.1, 0.15) is 11.9 Å². The summed E-state index contributed by atoms with van der Waals surface area (Å²) >= 11 is 0. The number of amides is 1. The first-order valence-electron chi connectivity index (χ1n) is 5.51. The molecular weight excluding hydrogens is 234 g/mol. The van der Waals surface area contributed by atoms with Crippen LogP contribution in [0.25, 0.3) is 11.0 Å². The molecule has 2 aromatic heterocycles. The van der Waals surface area contributed by atoms with Crippen LogP contribution in [0.4, 0.5) is 11.8 Å². The van der Waals surface area contributed by atoms with Gasteiger partial charge in [0, 0.05) is 0 Å². The smallest absolute Gasteiger partial charge is 0.240 e. The van der Waals surface area contributed by atoms with E-state index in [0.717, 1.165) is 0 Å². The number of hydrogen-bond donors (Lipinski definition) is 4. The molecule has 2 aromatic rings. The SMILES string of the molecule is CC(C)C(Nc1nc(N)nc2[nH]ncc12)C(N)=O. The molecule has 0 spiro atoms. The van der Waals surface area contributed by atoms with Gasteiger partial charge in [-0.3, -0.25) is 9.89 Å². The minimum Gasteiger partial charge on any atom is -0.368 e. The molecule has 8 nitrogen and oxygen atoms in total. The zero-order chi connectivity index (χ0) is 13.3. The largest absolute Gasteiger partial charge is 0.368 e. The summed E-state index contributed by atoms with van der Waals surface area (Å²) in [6.45, 7) is 3.78. The third kappa shape index (κ3) is 2.17. The summed E-state index contributed by atoms with van der Waals surface area (Å²) in [6, 6.07) is -0.530. The number of aromatic amines is 1. The lowest BCUT2D eigenvalue weighted by molar-refractivity contribution is -0.119. The third-order valence-corrected chi connectivity index (χ3v) is 2.59. The highest BCUT2D eigenvalue weighted by Gasteiger charge is 2.21. The number of carbonyl (C=O) groups is 1. The standard InChI is InChI=1S/C10H15N7O/c1-4(2)6(7(11)18)14-8-5-3-13-17-9(5)16-10(12)15-8/h3-4,6H,1-2H3,(H2,11,18)(H4,12,13,14,15,16,17). The number of H-pyrrole nitrogens is 1. The van der Waals surface area contributed by atoms with Gasteiger partial charge in [-0.05, 0) is 5.92 Å². The number of nitrogen functional groups attached to an aromatic ring is 1. The fraction of sp³-hybridized carbons (Fsp3) is 0.400. The number of hydrogen-bond acceptors (Lipinski definition) is 6. The lowest BCUT2D eigenvalue weighted by Gasteiger charge is -2.19. The number of nitrogens with zero attached hydrogens (tertiary/aromatic N) is 3. The number of nitrogens with two attached hydrogens (primary N) is 2. The molecule has 2 rings (SSSR count). The van der Waals surface area contributed by atoms with Crippen LogP contribution in [-0.4, -0.2) is 32.1 Å². The summed E-state index contributed by atoms with van der Waals surface area (Å²) in [7, 11) is 0. The van der Waals surface area contributed by atoms with E-state index in [1.807, 2.05) is 13.8 Å². The van der Waals surface area contributed by atoms with Crippen molar-refractivity contribution in [3.8, 4) is 0 Å². The second-order valence-corrected chi connectivity index (χ2v) is 4.33. The van der Waals surface area contributed by atoms with E-state index in [-0.39, 0.29) is 11.9 Å². The van der Waals surface area contributed by atoms with Gasteiger partial charge in [-0.25, -0.2) is 0 Å². The van der Waals surface area contributed by atoms with Crippen LogP contribution in [0, 0.1) is 5.92 Å². The van der Waals surface area contributed by atoms with Crippen molar-refractivity contribution in [2.45, 2.75) is 19.9 Å². The van der Waals surface area contributed by atoms with Crippen LogP contribution >= 0.6 is 0 Å². The van der Waals surface area contributed by atoms with Crippen molar-refractivity contribution in [1.29, 1.82) is 0 Å². The number of anilines is 2. The first-order valence-corrected chi connectivity index (χ1v) is 5.51. The van der Waals surface area contributed by atoms with E-state index in [0.29, 0.717) is 16.9 Å². The van der Waals surface area contributed by atoms with E-state index in [1.54, 1.807) is 6.20 Å². The minimum atomic E-state index is -0.530. The van der Waals surface area contributed by atoms with Crippen LogP contribution in [0.5, 0.6) is 0 Å². The Balaban J connectivity index is 2.41. The lowest BCUT2D eigenvalue weighted by Crippen LogP contribution is -2.39. The van der Waals surface area contributed by atoms with Crippen LogP contribution in [0.1, 0.15) is 13.8 Å². The van der Waals surface area contributed by atoms with Gasteiger partial charge in [0.25, 0.3) is 0 Å². The van der Waals surface area contributed by atoms with Crippen molar-refractivity contribution in [2.24, 2.45) is 11.7 Å². The topological polar surface area (TPSA) is 136 Å². The maximum absolute atomic E-state index is 11.4. The van der Waals surface area contributed by atoms with Crippen molar-refractivity contribution >= 4 is 28.7 Å². The zero-order valence-corrected chi connectivity index (χ0v) is 10.1. The average Bonchev–Trinajstić information content (AvgIpc) is 2.72. The molecule has 96 valence electrons. The van der Waals surface area contributed by atoms with Crippen LogP contribution < -0.4 is 16.8 Å². The van der Waals surface area contributed by atoms with E-state index in [2.05, 4.69) is 25.5 Å². The quantitative estimate of drug-likeness (QED) is 0.595. The summed E-state index contributed by atoms with van der Waals surface area (Å²) in [4.78, 5) is 19.4. The van der Waals surface area contributed by atoms with Gasteiger partial charge in [-0.15, -0.1) is 0 Å². The second kappa shape index (κ2) is 4.47. The van der Waals surface area contributed by atoms with Crippen molar-refractivity contribution in [3.63, 3.8) is 0 Å². The molecule has 0 saturated heterocycles. The zero-order valence-electron chi connectivity index (χ0n) is 10.1. The van der Waals surface area contributed by atoms with Gasteiger partial charge < -0.3 is 16.8 Å². The number of rotatable bonds is 4. The molecule has 2 heterocycles. The van der Waals surface area contributed by atoms with Gasteiger partial charge >= 0.3 is 0 Å². The number of carbonyl (C=O) groups excluding carboxylic acids is 1. The summed E-state index contributed by atoms with van der Waals surface area (Å²) in [6.07, 6.45) is 1.56. The number of aromatic nitrogens is 4. The number of fused-ring (bicyclic) bond motifs is 1. The molecule has 0 aromatic carbocycles. The Hall–Kier alpha value is -2.38. The molecular formula is C10H15N7O. The highest BCUT2D eigenvalue weighted by molar-refractivity contribution is 5.90. The van der Waals surface area contributed by atoms with Gasteiger partial charge in [-0.2, -0.15) is 15.1 Å². The maximum Gasteiger partial charge on any atom is 0.240 e. The monoisotopic (exact) mass is 249 g/mol.